The van der Waals surface area contributed by atoms with E-state index >= 15 is 0 Å². The largest absolute Gasteiger partial charge is 0.358 e. The van der Waals surface area contributed by atoms with Crippen molar-refractivity contribution in [2.24, 2.45) is 0 Å². The van der Waals surface area contributed by atoms with Crippen molar-refractivity contribution < 1.29 is 4.79 Å². The zero-order valence-corrected chi connectivity index (χ0v) is 17.0. The van der Waals surface area contributed by atoms with Crippen LogP contribution in [0, 0.1) is 0 Å². The van der Waals surface area contributed by atoms with E-state index in [9.17, 15) is 4.79 Å². The Hall–Kier alpha value is -1.60. The van der Waals surface area contributed by atoms with Crippen molar-refractivity contribution in [1.29, 1.82) is 0 Å². The number of nitrogens with one attached hydrogen (secondary N) is 2. The molecule has 0 aliphatic rings. The second-order valence-electron chi connectivity index (χ2n) is 6.32. The summed E-state index contributed by atoms with van der Waals surface area (Å²) in [4.78, 5) is 12.6. The highest BCUT2D eigenvalue weighted by atomic mass is 32.2. The fourth-order valence-electron chi connectivity index (χ4n) is 2.26. The molecule has 0 fully saturated rings. The number of amides is 1. The number of benzene rings is 1. The minimum Gasteiger partial charge on any atom is -0.358 e. The first-order chi connectivity index (χ1) is 11.9. The monoisotopic (exact) mass is 378 g/mol. The van der Waals surface area contributed by atoms with E-state index in [1.807, 2.05) is 25.1 Å². The standard InChI is InChI=1S/C18H26N4OS2/c1-6-12(4)14-9-7-8-10-15(14)20-16(23)13(5)24-18-22-21-17(25-18)19-11(2)3/h7-13H,6H2,1-5H3,(H,19,21)(H,20,23)/t12-,13-/m1/s1. The average Bonchev–Trinajstić information content (AvgIpc) is 3.00. The maximum Gasteiger partial charge on any atom is 0.237 e. The molecule has 1 aromatic carbocycles. The molecule has 0 aliphatic carbocycles. The Labute approximate surface area is 158 Å². The molecule has 0 spiro atoms. The quantitative estimate of drug-likeness (QED) is 0.633. The molecule has 25 heavy (non-hydrogen) atoms. The van der Waals surface area contributed by atoms with Crippen LogP contribution in [0.15, 0.2) is 28.6 Å². The molecule has 0 bridgehead atoms. The number of aromatic nitrogens is 2. The van der Waals surface area contributed by atoms with Crippen LogP contribution in [-0.2, 0) is 4.79 Å². The zero-order chi connectivity index (χ0) is 18.4. The van der Waals surface area contributed by atoms with Gasteiger partial charge in [0.15, 0.2) is 4.34 Å². The number of anilines is 2. The van der Waals surface area contributed by atoms with Crippen molar-refractivity contribution in [3.05, 3.63) is 29.8 Å². The lowest BCUT2D eigenvalue weighted by Crippen LogP contribution is -2.23. The van der Waals surface area contributed by atoms with Crippen LogP contribution in [0.25, 0.3) is 0 Å². The predicted molar refractivity (Wildman–Crippen MR) is 108 cm³/mol. The highest BCUT2D eigenvalue weighted by molar-refractivity contribution is 8.02. The highest BCUT2D eigenvalue weighted by Crippen LogP contribution is 2.31. The Bertz CT molecular complexity index is 702. The van der Waals surface area contributed by atoms with Crippen LogP contribution >= 0.6 is 23.1 Å². The van der Waals surface area contributed by atoms with E-state index in [2.05, 4.69) is 54.6 Å². The van der Waals surface area contributed by atoms with E-state index in [1.165, 1.54) is 28.7 Å². The molecule has 1 heterocycles. The van der Waals surface area contributed by atoms with Gasteiger partial charge in [-0.3, -0.25) is 4.79 Å². The van der Waals surface area contributed by atoms with Gasteiger partial charge in [-0.1, -0.05) is 55.1 Å². The van der Waals surface area contributed by atoms with Crippen LogP contribution < -0.4 is 10.6 Å². The van der Waals surface area contributed by atoms with E-state index in [-0.39, 0.29) is 11.2 Å². The maximum absolute atomic E-state index is 12.6. The number of carbonyl (C=O) groups excluding carboxylic acids is 1. The van der Waals surface area contributed by atoms with Crippen LogP contribution in [0.5, 0.6) is 0 Å². The third-order valence-corrected chi connectivity index (χ3v) is 5.87. The number of hydrogen-bond acceptors (Lipinski definition) is 6. The first-order valence-corrected chi connectivity index (χ1v) is 10.3. The lowest BCUT2D eigenvalue weighted by molar-refractivity contribution is -0.115. The second kappa shape index (κ2) is 9.20. The molecule has 0 unspecified atom stereocenters. The summed E-state index contributed by atoms with van der Waals surface area (Å²) in [5, 5.41) is 15.1. The molecule has 2 N–H and O–H groups in total. The number of carbonyl (C=O) groups is 1. The number of thioether (sulfide) groups is 1. The van der Waals surface area contributed by atoms with Gasteiger partial charge in [0.1, 0.15) is 0 Å². The topological polar surface area (TPSA) is 66.9 Å². The summed E-state index contributed by atoms with van der Waals surface area (Å²) in [6.45, 7) is 10.3. The third-order valence-electron chi connectivity index (χ3n) is 3.83. The van der Waals surface area contributed by atoms with Gasteiger partial charge in [-0.2, -0.15) is 0 Å². The van der Waals surface area contributed by atoms with Gasteiger partial charge < -0.3 is 10.6 Å². The van der Waals surface area contributed by atoms with Crippen LogP contribution in [-0.4, -0.2) is 27.4 Å². The first kappa shape index (κ1) is 19.7. The van der Waals surface area contributed by atoms with Gasteiger partial charge in [0, 0.05) is 11.7 Å². The SMILES string of the molecule is CC[C@@H](C)c1ccccc1NC(=O)[C@@H](C)Sc1nnc(NC(C)C)s1. The molecule has 2 rings (SSSR count). The number of para-hydroxylation sites is 1. The molecule has 1 aromatic heterocycles. The van der Waals surface area contributed by atoms with Crippen molar-refractivity contribution in [3.63, 3.8) is 0 Å². The Balaban J connectivity index is 2.00. The maximum atomic E-state index is 12.6. The molecule has 0 saturated heterocycles. The van der Waals surface area contributed by atoms with Crippen LogP contribution in [0.2, 0.25) is 0 Å². The lowest BCUT2D eigenvalue weighted by atomic mass is 9.97. The summed E-state index contributed by atoms with van der Waals surface area (Å²) in [7, 11) is 0. The summed E-state index contributed by atoms with van der Waals surface area (Å²) in [5.74, 6) is 0.390. The van der Waals surface area contributed by atoms with Gasteiger partial charge in [-0.15, -0.1) is 10.2 Å². The minimum atomic E-state index is -0.246. The minimum absolute atomic E-state index is 0.0191. The normalized spacial score (nSPS) is 13.5. The summed E-state index contributed by atoms with van der Waals surface area (Å²) >= 11 is 2.91. The zero-order valence-electron chi connectivity index (χ0n) is 15.4. The molecule has 136 valence electrons. The second-order valence-corrected chi connectivity index (χ2v) is 8.88. The average molecular weight is 379 g/mol. The molecular formula is C18H26N4OS2. The highest BCUT2D eigenvalue weighted by Gasteiger charge is 2.19. The first-order valence-electron chi connectivity index (χ1n) is 8.57. The van der Waals surface area contributed by atoms with Crippen molar-refractivity contribution >= 4 is 39.8 Å². The fourth-order valence-corrected chi connectivity index (χ4v) is 4.30. The van der Waals surface area contributed by atoms with Crippen molar-refractivity contribution in [3.8, 4) is 0 Å². The molecule has 0 aliphatic heterocycles. The molecule has 1 amide bonds. The van der Waals surface area contributed by atoms with Gasteiger partial charge in [0.05, 0.1) is 5.25 Å². The molecule has 0 radical (unpaired) electrons. The summed E-state index contributed by atoms with van der Waals surface area (Å²) in [6, 6.07) is 8.32. The van der Waals surface area contributed by atoms with E-state index < -0.39 is 0 Å². The van der Waals surface area contributed by atoms with E-state index in [4.69, 9.17) is 0 Å². The summed E-state index contributed by atoms with van der Waals surface area (Å²) in [6.07, 6.45) is 1.04. The molecule has 2 atom stereocenters. The van der Waals surface area contributed by atoms with E-state index in [1.54, 1.807) is 0 Å². The molecule has 2 aromatic rings. The van der Waals surface area contributed by atoms with Crippen LogP contribution in [0.3, 0.4) is 0 Å². The fraction of sp³-hybridized carbons (Fsp3) is 0.500. The Kier molecular flexibility index (Phi) is 7.25. The molecular weight excluding hydrogens is 352 g/mol. The predicted octanol–water partition coefficient (Wildman–Crippen LogP) is 4.99. The van der Waals surface area contributed by atoms with E-state index in [0.29, 0.717) is 12.0 Å². The lowest BCUT2D eigenvalue weighted by Gasteiger charge is -2.17. The Morgan fingerprint density at radius 2 is 1.92 bits per heavy atom. The number of rotatable bonds is 8. The van der Waals surface area contributed by atoms with E-state index in [0.717, 1.165) is 21.6 Å². The summed E-state index contributed by atoms with van der Waals surface area (Å²) in [5.41, 5.74) is 2.07. The summed E-state index contributed by atoms with van der Waals surface area (Å²) < 4.78 is 0.793. The molecule has 7 heteroatoms. The van der Waals surface area contributed by atoms with Crippen molar-refractivity contribution in [2.75, 3.05) is 10.6 Å². The Morgan fingerprint density at radius 1 is 1.20 bits per heavy atom. The van der Waals surface area contributed by atoms with Crippen LogP contribution in [0.1, 0.15) is 52.5 Å². The number of hydrogen-bond donors (Lipinski definition) is 2. The van der Waals surface area contributed by atoms with Gasteiger partial charge in [-0.25, -0.2) is 0 Å². The Morgan fingerprint density at radius 3 is 2.60 bits per heavy atom. The smallest absolute Gasteiger partial charge is 0.237 e. The third kappa shape index (κ3) is 5.71. The molecule has 0 saturated carbocycles. The van der Waals surface area contributed by atoms with Gasteiger partial charge >= 0.3 is 0 Å². The van der Waals surface area contributed by atoms with Gasteiger partial charge in [0.25, 0.3) is 0 Å². The van der Waals surface area contributed by atoms with Crippen molar-refractivity contribution in [2.45, 2.75) is 62.6 Å². The van der Waals surface area contributed by atoms with Crippen LogP contribution in [0.4, 0.5) is 10.8 Å². The number of nitrogens with zero attached hydrogens (tertiary/aromatic N) is 2. The molecule has 5 nitrogen and oxygen atoms in total. The van der Waals surface area contributed by atoms with Gasteiger partial charge in [-0.05, 0) is 44.7 Å². The van der Waals surface area contributed by atoms with Crippen molar-refractivity contribution in [1.82, 2.24) is 10.2 Å². The van der Waals surface area contributed by atoms with Gasteiger partial charge in [0.2, 0.25) is 11.0 Å².